The van der Waals surface area contributed by atoms with Crippen molar-refractivity contribution >= 4 is 5.91 Å². The molecule has 28 heavy (non-hydrogen) atoms. The molecule has 3 aromatic rings. The molecule has 4 rings (SSSR count). The van der Waals surface area contributed by atoms with Crippen molar-refractivity contribution < 1.29 is 14.3 Å². The van der Waals surface area contributed by atoms with Crippen LogP contribution < -0.4 is 9.47 Å². The van der Waals surface area contributed by atoms with Crippen LogP contribution in [-0.2, 0) is 0 Å². The van der Waals surface area contributed by atoms with Crippen LogP contribution in [0.4, 0.5) is 0 Å². The van der Waals surface area contributed by atoms with Crippen LogP contribution in [0.1, 0.15) is 34.8 Å². The average Bonchev–Trinajstić information content (AvgIpc) is 3.43. The summed E-state index contributed by atoms with van der Waals surface area (Å²) in [7, 11) is 3.27. The molecule has 0 radical (unpaired) electrons. The molecule has 1 amide bonds. The van der Waals surface area contributed by atoms with Crippen molar-refractivity contribution in [1.82, 2.24) is 14.7 Å². The van der Waals surface area contributed by atoms with Crippen molar-refractivity contribution in [2.45, 2.75) is 18.9 Å². The molecule has 0 aliphatic carbocycles. The Morgan fingerprint density at radius 1 is 1.11 bits per heavy atom. The van der Waals surface area contributed by atoms with Gasteiger partial charge < -0.3 is 14.4 Å². The van der Waals surface area contributed by atoms with Crippen LogP contribution in [0.3, 0.4) is 0 Å². The second-order valence-electron chi connectivity index (χ2n) is 6.77. The number of carbonyl (C=O) groups excluding carboxylic acids is 1. The molecular formula is C22H23N3O3. The predicted octanol–water partition coefficient (Wildman–Crippen LogP) is 3.87. The molecule has 1 aliphatic rings. The van der Waals surface area contributed by atoms with Crippen LogP contribution in [0.15, 0.2) is 60.9 Å². The zero-order valence-corrected chi connectivity index (χ0v) is 16.0. The van der Waals surface area contributed by atoms with Crippen LogP contribution >= 0.6 is 0 Å². The van der Waals surface area contributed by atoms with Crippen LogP contribution in [0.2, 0.25) is 0 Å². The number of carbonyl (C=O) groups is 1. The van der Waals surface area contributed by atoms with E-state index in [1.54, 1.807) is 31.3 Å². The lowest BCUT2D eigenvalue weighted by Crippen LogP contribution is -2.30. The Balaban J connectivity index is 1.60. The molecule has 2 aromatic carbocycles. The number of hydrogen-bond acceptors (Lipinski definition) is 4. The predicted molar refractivity (Wildman–Crippen MR) is 106 cm³/mol. The Labute approximate surface area is 164 Å². The van der Waals surface area contributed by atoms with Gasteiger partial charge in [-0.05, 0) is 37.1 Å². The van der Waals surface area contributed by atoms with E-state index in [1.165, 1.54) is 0 Å². The fraction of sp³-hybridized carbons (Fsp3) is 0.273. The van der Waals surface area contributed by atoms with E-state index < -0.39 is 0 Å². The van der Waals surface area contributed by atoms with Crippen molar-refractivity contribution in [3.8, 4) is 17.2 Å². The highest BCUT2D eigenvalue weighted by molar-refractivity contribution is 5.94. The second kappa shape index (κ2) is 7.76. The van der Waals surface area contributed by atoms with Crippen LogP contribution in [0.25, 0.3) is 5.69 Å². The molecule has 1 saturated heterocycles. The van der Waals surface area contributed by atoms with E-state index in [-0.39, 0.29) is 11.9 Å². The fourth-order valence-corrected chi connectivity index (χ4v) is 3.75. The van der Waals surface area contributed by atoms with Gasteiger partial charge in [0.2, 0.25) is 0 Å². The van der Waals surface area contributed by atoms with Gasteiger partial charge in [-0.1, -0.05) is 18.2 Å². The zero-order chi connectivity index (χ0) is 19.5. The quantitative estimate of drug-likeness (QED) is 0.677. The third-order valence-corrected chi connectivity index (χ3v) is 5.16. The molecule has 1 atom stereocenters. The Morgan fingerprint density at radius 3 is 2.68 bits per heavy atom. The van der Waals surface area contributed by atoms with Crippen molar-refractivity contribution in [2.24, 2.45) is 0 Å². The summed E-state index contributed by atoms with van der Waals surface area (Å²) in [4.78, 5) is 15.1. The first-order chi connectivity index (χ1) is 13.7. The summed E-state index contributed by atoms with van der Waals surface area (Å²) in [5.41, 5.74) is 2.52. The molecule has 144 valence electrons. The number of methoxy groups -OCH3 is 2. The van der Waals surface area contributed by atoms with Crippen molar-refractivity contribution in [1.29, 1.82) is 0 Å². The van der Waals surface area contributed by atoms with Gasteiger partial charge in [-0.15, -0.1) is 0 Å². The number of ether oxygens (including phenoxy) is 2. The standard InChI is InChI=1S/C22H23N3O3/c1-27-18-10-11-19(21(13-18)28-2)20-9-6-12-24(20)22(26)16-14-23-25(15-16)17-7-4-3-5-8-17/h3-5,7-8,10-11,13-15,20H,6,9,12H2,1-2H3. The normalized spacial score (nSPS) is 16.2. The summed E-state index contributed by atoms with van der Waals surface area (Å²) in [6, 6.07) is 15.5. The monoisotopic (exact) mass is 377 g/mol. The minimum absolute atomic E-state index is 0.0115. The number of nitrogens with zero attached hydrogens (tertiary/aromatic N) is 3. The largest absolute Gasteiger partial charge is 0.497 e. The zero-order valence-electron chi connectivity index (χ0n) is 16.0. The fourth-order valence-electron chi connectivity index (χ4n) is 3.75. The Kier molecular flexibility index (Phi) is 5.02. The van der Waals surface area contributed by atoms with Crippen LogP contribution in [0.5, 0.6) is 11.5 Å². The highest BCUT2D eigenvalue weighted by atomic mass is 16.5. The van der Waals surface area contributed by atoms with Crippen LogP contribution in [-0.4, -0.2) is 41.4 Å². The molecule has 1 fully saturated rings. The summed E-state index contributed by atoms with van der Waals surface area (Å²) in [6.07, 6.45) is 5.29. The number of aromatic nitrogens is 2. The van der Waals surface area contributed by atoms with Crippen molar-refractivity contribution in [3.05, 3.63) is 72.1 Å². The SMILES string of the molecule is COc1ccc(C2CCCN2C(=O)c2cnn(-c3ccccc3)c2)c(OC)c1. The maximum Gasteiger partial charge on any atom is 0.257 e. The molecule has 2 heterocycles. The lowest BCUT2D eigenvalue weighted by atomic mass is 10.0. The average molecular weight is 377 g/mol. The summed E-state index contributed by atoms with van der Waals surface area (Å²) in [5.74, 6) is 1.46. The lowest BCUT2D eigenvalue weighted by molar-refractivity contribution is 0.0734. The maximum absolute atomic E-state index is 13.2. The van der Waals surface area contributed by atoms with E-state index in [9.17, 15) is 4.79 Å². The van der Waals surface area contributed by atoms with Crippen LogP contribution in [0, 0.1) is 0 Å². The molecule has 0 N–H and O–H groups in total. The van der Waals surface area contributed by atoms with E-state index in [1.807, 2.05) is 53.4 Å². The summed E-state index contributed by atoms with van der Waals surface area (Å²) in [6.45, 7) is 0.717. The van der Waals surface area contributed by atoms with Gasteiger partial charge in [-0.2, -0.15) is 5.10 Å². The van der Waals surface area contributed by atoms with Crippen molar-refractivity contribution in [3.63, 3.8) is 0 Å². The van der Waals surface area contributed by atoms with E-state index in [4.69, 9.17) is 9.47 Å². The highest BCUT2D eigenvalue weighted by Crippen LogP contribution is 2.39. The molecule has 1 aromatic heterocycles. The molecule has 0 spiro atoms. The van der Waals surface area contributed by atoms with Gasteiger partial charge in [0.05, 0.1) is 37.7 Å². The summed E-state index contributed by atoms with van der Waals surface area (Å²) < 4.78 is 12.6. The van der Waals surface area contributed by atoms with Crippen molar-refractivity contribution in [2.75, 3.05) is 20.8 Å². The Hall–Kier alpha value is -3.28. The van der Waals surface area contributed by atoms with Gasteiger partial charge in [-0.3, -0.25) is 4.79 Å². The Morgan fingerprint density at radius 2 is 1.93 bits per heavy atom. The number of hydrogen-bond donors (Lipinski definition) is 0. The first-order valence-corrected chi connectivity index (χ1v) is 9.34. The minimum Gasteiger partial charge on any atom is -0.497 e. The minimum atomic E-state index is -0.0200. The lowest BCUT2D eigenvalue weighted by Gasteiger charge is -2.26. The smallest absolute Gasteiger partial charge is 0.257 e. The topological polar surface area (TPSA) is 56.6 Å². The van der Waals surface area contributed by atoms with E-state index in [0.717, 1.165) is 42.1 Å². The van der Waals surface area contributed by atoms with Gasteiger partial charge in [0.1, 0.15) is 11.5 Å². The number of amides is 1. The number of benzene rings is 2. The van der Waals surface area contributed by atoms with Gasteiger partial charge in [-0.25, -0.2) is 4.68 Å². The third kappa shape index (κ3) is 3.33. The summed E-state index contributed by atoms with van der Waals surface area (Å²) >= 11 is 0. The third-order valence-electron chi connectivity index (χ3n) is 5.16. The molecule has 6 heteroatoms. The van der Waals surface area contributed by atoms with E-state index in [0.29, 0.717) is 5.56 Å². The van der Waals surface area contributed by atoms with Gasteiger partial charge in [0.15, 0.2) is 0 Å². The van der Waals surface area contributed by atoms with Gasteiger partial charge in [0, 0.05) is 24.4 Å². The first-order valence-electron chi connectivity index (χ1n) is 9.34. The molecule has 1 unspecified atom stereocenters. The number of likely N-dealkylation sites (tertiary alicyclic amines) is 1. The van der Waals surface area contributed by atoms with Gasteiger partial charge in [0.25, 0.3) is 5.91 Å². The second-order valence-corrected chi connectivity index (χ2v) is 6.77. The maximum atomic E-state index is 13.2. The van der Waals surface area contributed by atoms with E-state index >= 15 is 0 Å². The highest BCUT2D eigenvalue weighted by Gasteiger charge is 2.33. The first kappa shape index (κ1) is 18.1. The Bertz CT molecular complexity index is 968. The number of para-hydroxylation sites is 1. The number of rotatable bonds is 5. The van der Waals surface area contributed by atoms with E-state index in [2.05, 4.69) is 5.10 Å². The summed E-state index contributed by atoms with van der Waals surface area (Å²) in [5, 5.41) is 4.36. The molecule has 6 nitrogen and oxygen atoms in total. The van der Waals surface area contributed by atoms with Gasteiger partial charge >= 0.3 is 0 Å². The molecule has 0 saturated carbocycles. The molecule has 0 bridgehead atoms. The molecule has 1 aliphatic heterocycles. The molecular weight excluding hydrogens is 354 g/mol.